The van der Waals surface area contributed by atoms with Crippen LogP contribution in [0.25, 0.3) is 10.9 Å². The van der Waals surface area contributed by atoms with Gasteiger partial charge in [-0.25, -0.2) is 0 Å². The maximum atomic E-state index is 12.5. The lowest BCUT2D eigenvalue weighted by molar-refractivity contribution is -0.120. The molecule has 5 rings (SSSR count). The highest BCUT2D eigenvalue weighted by Crippen LogP contribution is 2.25. The molecule has 4 N–H and O–H groups in total. The number of amides is 1. The summed E-state index contributed by atoms with van der Waals surface area (Å²) < 4.78 is 7.46. The fraction of sp³-hybridized carbons (Fsp3) is 0.233. The van der Waals surface area contributed by atoms with Gasteiger partial charge in [-0.3, -0.25) is 4.79 Å². The fourth-order valence-electron chi connectivity index (χ4n) is 4.76. The third-order valence-corrected chi connectivity index (χ3v) is 6.77. The van der Waals surface area contributed by atoms with E-state index in [-0.39, 0.29) is 12.5 Å². The maximum absolute atomic E-state index is 12.5. The van der Waals surface area contributed by atoms with E-state index in [0.717, 1.165) is 46.4 Å². The molecule has 38 heavy (non-hydrogen) atoms. The molecule has 8 nitrogen and oxygen atoms in total. The molecule has 0 aliphatic carbocycles. The number of nitrogens with one attached hydrogen (secondary N) is 2. The second-order valence-electron chi connectivity index (χ2n) is 9.28. The molecule has 0 fully saturated rings. The first-order valence-corrected chi connectivity index (χ1v) is 12.8. The number of hydrogen-bond acceptors (Lipinski definition) is 5. The summed E-state index contributed by atoms with van der Waals surface area (Å²) in [5.41, 5.74) is 10.2. The van der Waals surface area contributed by atoms with Gasteiger partial charge in [0.25, 0.3) is 0 Å². The van der Waals surface area contributed by atoms with Crippen LogP contribution in [-0.4, -0.2) is 39.3 Å². The summed E-state index contributed by atoms with van der Waals surface area (Å²) in [5.74, 6) is 2.13. The standard InChI is InChI=1S/C30H32N6O2/c1-38-24-14-11-22(12-15-24)20-36-28(16-13-21-7-3-2-4-8-21)34-35-30(36)27(33-29(37)18-31)17-23-19-32-26-10-6-5-9-25(23)26/h2-12,14-15,19,27,32H,13,16-18,20,31H2,1H3,(H,33,37). The number of hydrogen-bond donors (Lipinski definition) is 3. The third-order valence-electron chi connectivity index (χ3n) is 6.77. The normalized spacial score (nSPS) is 11.9. The number of methoxy groups -OCH3 is 1. The summed E-state index contributed by atoms with van der Waals surface area (Å²) >= 11 is 0. The van der Waals surface area contributed by atoms with E-state index < -0.39 is 6.04 Å². The predicted octanol–water partition coefficient (Wildman–Crippen LogP) is 3.96. The second-order valence-corrected chi connectivity index (χ2v) is 9.28. The first-order valence-electron chi connectivity index (χ1n) is 12.8. The average Bonchev–Trinajstić information content (AvgIpc) is 3.56. The first-order chi connectivity index (χ1) is 18.6. The van der Waals surface area contributed by atoms with Gasteiger partial charge in [0.2, 0.25) is 5.91 Å². The van der Waals surface area contributed by atoms with Crippen molar-refractivity contribution in [2.45, 2.75) is 31.8 Å². The van der Waals surface area contributed by atoms with Crippen LogP contribution in [0.1, 0.15) is 34.4 Å². The van der Waals surface area contributed by atoms with Gasteiger partial charge in [0.1, 0.15) is 11.6 Å². The Labute approximate surface area is 221 Å². The summed E-state index contributed by atoms with van der Waals surface area (Å²) in [6, 6.07) is 26.0. The smallest absolute Gasteiger partial charge is 0.234 e. The number of nitrogens with two attached hydrogens (primary N) is 1. The van der Waals surface area contributed by atoms with Gasteiger partial charge < -0.3 is 25.3 Å². The largest absolute Gasteiger partial charge is 0.497 e. The van der Waals surface area contributed by atoms with Crippen LogP contribution in [0.5, 0.6) is 5.75 Å². The van der Waals surface area contributed by atoms with Crippen molar-refractivity contribution < 1.29 is 9.53 Å². The SMILES string of the molecule is COc1ccc(Cn2c(CCc3ccccc3)nnc2C(Cc2c[nH]c3ccccc23)NC(=O)CN)cc1. The van der Waals surface area contributed by atoms with Gasteiger partial charge in [0.15, 0.2) is 5.82 Å². The molecular formula is C30H32N6O2. The van der Waals surface area contributed by atoms with Crippen LogP contribution in [0.4, 0.5) is 0 Å². The topological polar surface area (TPSA) is 111 Å². The number of aryl methyl sites for hydroxylation is 2. The minimum Gasteiger partial charge on any atom is -0.497 e. The Kier molecular flexibility index (Phi) is 7.80. The lowest BCUT2D eigenvalue weighted by atomic mass is 10.0. The van der Waals surface area contributed by atoms with E-state index >= 15 is 0 Å². The van der Waals surface area contributed by atoms with Crippen molar-refractivity contribution in [3.63, 3.8) is 0 Å². The van der Waals surface area contributed by atoms with Crippen LogP contribution in [0.2, 0.25) is 0 Å². The molecule has 0 saturated heterocycles. The van der Waals surface area contributed by atoms with Gasteiger partial charge in [-0.1, -0.05) is 60.7 Å². The predicted molar refractivity (Wildman–Crippen MR) is 148 cm³/mol. The van der Waals surface area contributed by atoms with Gasteiger partial charge in [0.05, 0.1) is 26.2 Å². The molecule has 0 aliphatic rings. The highest BCUT2D eigenvalue weighted by atomic mass is 16.5. The Balaban J connectivity index is 1.51. The number of rotatable bonds is 11. The highest BCUT2D eigenvalue weighted by molar-refractivity contribution is 5.83. The molecule has 0 spiro atoms. The van der Waals surface area contributed by atoms with Gasteiger partial charge >= 0.3 is 0 Å². The van der Waals surface area contributed by atoms with Crippen molar-refractivity contribution in [1.82, 2.24) is 25.1 Å². The quantitative estimate of drug-likeness (QED) is 0.250. The zero-order valence-electron chi connectivity index (χ0n) is 21.4. The lowest BCUT2D eigenvalue weighted by Gasteiger charge is -2.20. The Morgan fingerprint density at radius 3 is 2.50 bits per heavy atom. The number of carbonyl (C=O) groups is 1. The molecule has 0 radical (unpaired) electrons. The molecule has 8 heteroatoms. The summed E-state index contributed by atoms with van der Waals surface area (Å²) in [6.45, 7) is 0.469. The molecule has 5 aromatic rings. The van der Waals surface area contributed by atoms with Crippen LogP contribution in [0.3, 0.4) is 0 Å². The minimum atomic E-state index is -0.401. The van der Waals surface area contributed by atoms with E-state index in [1.165, 1.54) is 5.56 Å². The van der Waals surface area contributed by atoms with Crippen LogP contribution < -0.4 is 15.8 Å². The van der Waals surface area contributed by atoms with Crippen molar-refractivity contribution in [2.24, 2.45) is 5.73 Å². The van der Waals surface area contributed by atoms with Crippen molar-refractivity contribution in [3.05, 3.63) is 113 Å². The highest BCUT2D eigenvalue weighted by Gasteiger charge is 2.24. The monoisotopic (exact) mass is 508 g/mol. The number of aromatic nitrogens is 4. The molecule has 2 aromatic heterocycles. The Hall–Kier alpha value is -4.43. The van der Waals surface area contributed by atoms with Crippen molar-refractivity contribution >= 4 is 16.8 Å². The van der Waals surface area contributed by atoms with E-state index in [4.69, 9.17) is 10.5 Å². The Morgan fingerprint density at radius 2 is 1.74 bits per heavy atom. The molecule has 1 amide bonds. The number of fused-ring (bicyclic) bond motifs is 1. The van der Waals surface area contributed by atoms with E-state index in [0.29, 0.717) is 18.8 Å². The number of H-pyrrole nitrogens is 1. The Bertz CT molecular complexity index is 1490. The van der Waals surface area contributed by atoms with Crippen LogP contribution in [0.15, 0.2) is 85.1 Å². The van der Waals surface area contributed by atoms with E-state index in [1.54, 1.807) is 7.11 Å². The van der Waals surface area contributed by atoms with E-state index in [9.17, 15) is 4.79 Å². The Morgan fingerprint density at radius 1 is 0.974 bits per heavy atom. The van der Waals surface area contributed by atoms with Crippen molar-refractivity contribution in [3.8, 4) is 5.75 Å². The molecule has 3 aromatic carbocycles. The first kappa shape index (κ1) is 25.2. The number of ether oxygens (including phenoxy) is 1. The zero-order valence-corrected chi connectivity index (χ0v) is 21.4. The zero-order chi connectivity index (χ0) is 26.3. The molecule has 2 heterocycles. The number of carbonyl (C=O) groups excluding carboxylic acids is 1. The number of nitrogens with zero attached hydrogens (tertiary/aromatic N) is 3. The van der Waals surface area contributed by atoms with Gasteiger partial charge in [0, 0.05) is 29.9 Å². The molecule has 1 atom stereocenters. The molecular weight excluding hydrogens is 476 g/mol. The van der Waals surface area contributed by atoms with Gasteiger partial charge in [-0.15, -0.1) is 10.2 Å². The number of aromatic amines is 1. The second kappa shape index (κ2) is 11.7. The minimum absolute atomic E-state index is 0.0993. The summed E-state index contributed by atoms with van der Waals surface area (Å²) in [6.07, 6.45) is 4.10. The fourth-order valence-corrected chi connectivity index (χ4v) is 4.76. The van der Waals surface area contributed by atoms with Crippen LogP contribution in [0, 0.1) is 0 Å². The molecule has 194 valence electrons. The maximum Gasteiger partial charge on any atom is 0.234 e. The van der Waals surface area contributed by atoms with Crippen molar-refractivity contribution in [1.29, 1.82) is 0 Å². The summed E-state index contributed by atoms with van der Waals surface area (Å²) in [4.78, 5) is 15.9. The number of para-hydroxylation sites is 1. The summed E-state index contributed by atoms with van der Waals surface area (Å²) in [5, 5.41) is 13.4. The van der Waals surface area contributed by atoms with Gasteiger partial charge in [-0.05, 0) is 41.3 Å². The van der Waals surface area contributed by atoms with Crippen LogP contribution >= 0.6 is 0 Å². The van der Waals surface area contributed by atoms with Crippen molar-refractivity contribution in [2.75, 3.05) is 13.7 Å². The molecule has 0 bridgehead atoms. The van der Waals surface area contributed by atoms with E-state index in [1.807, 2.05) is 66.9 Å². The molecule has 0 saturated carbocycles. The average molecular weight is 509 g/mol. The van der Waals surface area contributed by atoms with Crippen LogP contribution in [-0.2, 0) is 30.6 Å². The lowest BCUT2D eigenvalue weighted by Crippen LogP contribution is -2.36. The summed E-state index contributed by atoms with van der Waals surface area (Å²) in [7, 11) is 1.66. The number of benzene rings is 3. The van der Waals surface area contributed by atoms with Gasteiger partial charge in [-0.2, -0.15) is 0 Å². The van der Waals surface area contributed by atoms with E-state index in [2.05, 4.69) is 43.3 Å². The third kappa shape index (κ3) is 5.76. The molecule has 1 unspecified atom stereocenters. The molecule has 0 aliphatic heterocycles.